The summed E-state index contributed by atoms with van der Waals surface area (Å²) in [5.41, 5.74) is -0.597. The summed E-state index contributed by atoms with van der Waals surface area (Å²) in [6.07, 6.45) is -4.26. The van der Waals surface area contributed by atoms with E-state index >= 15 is 0 Å². The van der Waals surface area contributed by atoms with Crippen molar-refractivity contribution in [2.45, 2.75) is 26.1 Å². The average Bonchev–Trinajstić information content (AvgIpc) is 3.00. The summed E-state index contributed by atoms with van der Waals surface area (Å²) in [6.45, 7) is 1.41. The number of alkyl halides is 3. The fraction of sp³-hybridized carbons (Fsp3) is 0.263. The number of esters is 1. The normalized spacial score (nSPS) is 11.8. The molecule has 0 bridgehead atoms. The van der Waals surface area contributed by atoms with Crippen molar-refractivity contribution in [1.29, 1.82) is 0 Å². The lowest BCUT2D eigenvalue weighted by Gasteiger charge is -2.15. The van der Waals surface area contributed by atoms with Crippen molar-refractivity contribution in [1.82, 2.24) is 9.78 Å². The Balaban J connectivity index is 2.23. The lowest BCUT2D eigenvalue weighted by atomic mass is 10.1. The number of fused-ring (bicyclic) bond motifs is 1. The van der Waals surface area contributed by atoms with Gasteiger partial charge in [-0.3, -0.25) is 4.68 Å². The summed E-state index contributed by atoms with van der Waals surface area (Å²) in [5.74, 6) is -1.46. The van der Waals surface area contributed by atoms with Crippen molar-refractivity contribution in [3.63, 3.8) is 0 Å². The van der Waals surface area contributed by atoms with Gasteiger partial charge in [-0.2, -0.15) is 18.3 Å². The molecule has 0 radical (unpaired) electrons. The number of benzene rings is 2. The predicted molar refractivity (Wildman–Crippen MR) is 96.0 cm³/mol. The van der Waals surface area contributed by atoms with Gasteiger partial charge in [0.2, 0.25) is 0 Å². The molecular weight excluding hydrogens is 400 g/mol. The second-order valence-corrected chi connectivity index (χ2v) is 6.47. The van der Waals surface area contributed by atoms with Crippen LogP contribution in [-0.2, 0) is 23.9 Å². The minimum Gasteiger partial charge on any atom is -0.465 e. The number of rotatable bonds is 4. The van der Waals surface area contributed by atoms with E-state index in [2.05, 4.69) is 9.84 Å². The molecule has 2 aromatic carbocycles. The van der Waals surface area contributed by atoms with Gasteiger partial charge in [-0.1, -0.05) is 24.6 Å². The largest absolute Gasteiger partial charge is 0.465 e. The third-order valence-electron chi connectivity index (χ3n) is 4.37. The van der Waals surface area contributed by atoms with Crippen molar-refractivity contribution in [3.05, 3.63) is 63.6 Å². The van der Waals surface area contributed by atoms with Crippen LogP contribution in [0.3, 0.4) is 0 Å². The Hall–Kier alpha value is -2.61. The van der Waals surface area contributed by atoms with Gasteiger partial charge in [0.25, 0.3) is 0 Å². The molecule has 3 aromatic rings. The Kier molecular flexibility index (Phi) is 5.34. The molecule has 1 aromatic heterocycles. The molecule has 0 unspecified atom stereocenters. The fourth-order valence-electron chi connectivity index (χ4n) is 3.07. The van der Waals surface area contributed by atoms with Gasteiger partial charge >= 0.3 is 12.1 Å². The van der Waals surface area contributed by atoms with Crippen LogP contribution in [0.15, 0.2) is 30.3 Å². The van der Waals surface area contributed by atoms with Crippen LogP contribution in [0.4, 0.5) is 17.6 Å². The quantitative estimate of drug-likeness (QED) is 0.433. The molecule has 0 saturated heterocycles. The summed E-state index contributed by atoms with van der Waals surface area (Å²) >= 11 is 6.02. The van der Waals surface area contributed by atoms with Crippen molar-refractivity contribution >= 4 is 28.5 Å². The molecule has 0 N–H and O–H groups in total. The maximum atomic E-state index is 14.6. The molecule has 0 saturated carbocycles. The highest BCUT2D eigenvalue weighted by molar-refractivity contribution is 6.31. The molecule has 0 spiro atoms. The summed E-state index contributed by atoms with van der Waals surface area (Å²) in [6, 6.07) is 5.85. The van der Waals surface area contributed by atoms with Crippen LogP contribution < -0.4 is 0 Å². The van der Waals surface area contributed by atoms with E-state index in [-0.39, 0.29) is 33.6 Å². The van der Waals surface area contributed by atoms with Gasteiger partial charge in [0.05, 0.1) is 41.4 Å². The Morgan fingerprint density at radius 2 is 2.00 bits per heavy atom. The number of halogens is 5. The van der Waals surface area contributed by atoms with Gasteiger partial charge < -0.3 is 4.74 Å². The molecule has 1 heterocycles. The number of ether oxygens (including phenoxy) is 1. The topological polar surface area (TPSA) is 44.1 Å². The lowest BCUT2D eigenvalue weighted by molar-refractivity contribution is -0.138. The molecule has 3 rings (SSSR count). The van der Waals surface area contributed by atoms with Gasteiger partial charge in [-0.15, -0.1) is 0 Å². The van der Waals surface area contributed by atoms with E-state index in [1.54, 1.807) is 6.92 Å². The van der Waals surface area contributed by atoms with Crippen molar-refractivity contribution < 1.29 is 27.1 Å². The van der Waals surface area contributed by atoms with Crippen molar-refractivity contribution in [3.8, 4) is 0 Å². The first-order chi connectivity index (χ1) is 13.2. The Bertz CT molecular complexity index is 1060. The predicted octanol–water partition coefficient (Wildman–Crippen LogP) is 5.24. The first-order valence-corrected chi connectivity index (χ1v) is 8.67. The van der Waals surface area contributed by atoms with Crippen molar-refractivity contribution in [2.24, 2.45) is 0 Å². The highest BCUT2D eigenvalue weighted by atomic mass is 35.5. The third-order valence-corrected chi connectivity index (χ3v) is 4.72. The maximum absolute atomic E-state index is 14.6. The highest BCUT2D eigenvalue weighted by Crippen LogP contribution is 2.36. The zero-order valence-electron chi connectivity index (χ0n) is 14.9. The Morgan fingerprint density at radius 1 is 1.29 bits per heavy atom. The number of carbonyl (C=O) groups excluding carboxylic acids is 1. The molecule has 9 heteroatoms. The van der Waals surface area contributed by atoms with Crippen molar-refractivity contribution in [2.75, 3.05) is 7.11 Å². The first kappa shape index (κ1) is 20.1. The Morgan fingerprint density at radius 3 is 2.61 bits per heavy atom. The molecule has 0 atom stereocenters. The SMILES string of the molecule is CCc1nn(Cc2c(Cl)cccc2C(F)(F)F)c2cc(C(=O)OC)cc(F)c12. The van der Waals surface area contributed by atoms with E-state index in [0.29, 0.717) is 12.1 Å². The minimum atomic E-state index is -4.61. The number of hydrogen-bond acceptors (Lipinski definition) is 3. The Labute approximate surface area is 162 Å². The van der Waals surface area contributed by atoms with Gasteiger partial charge in [0.1, 0.15) is 5.82 Å². The van der Waals surface area contributed by atoms with Crippen LogP contribution in [-0.4, -0.2) is 22.9 Å². The van der Waals surface area contributed by atoms with Gasteiger partial charge in [-0.05, 0) is 30.7 Å². The van der Waals surface area contributed by atoms with Crippen LogP contribution in [0, 0.1) is 5.82 Å². The van der Waals surface area contributed by atoms with Gasteiger partial charge in [0.15, 0.2) is 0 Å². The number of hydrogen-bond donors (Lipinski definition) is 0. The van der Waals surface area contributed by atoms with E-state index in [1.807, 2.05) is 0 Å². The van der Waals surface area contributed by atoms with Crippen LogP contribution >= 0.6 is 11.6 Å². The molecule has 0 amide bonds. The van der Waals surface area contributed by atoms with E-state index in [0.717, 1.165) is 19.2 Å². The van der Waals surface area contributed by atoms with Crippen LogP contribution in [0.25, 0.3) is 10.9 Å². The first-order valence-electron chi connectivity index (χ1n) is 8.29. The maximum Gasteiger partial charge on any atom is 0.416 e. The molecule has 0 aliphatic heterocycles. The highest BCUT2D eigenvalue weighted by Gasteiger charge is 2.34. The van der Waals surface area contributed by atoms with Gasteiger partial charge in [-0.25, -0.2) is 9.18 Å². The summed E-state index contributed by atoms with van der Waals surface area (Å²) < 4.78 is 60.6. The lowest BCUT2D eigenvalue weighted by Crippen LogP contribution is -2.13. The molecule has 0 fully saturated rings. The number of aryl methyl sites for hydroxylation is 1. The summed E-state index contributed by atoms with van der Waals surface area (Å²) in [4.78, 5) is 11.8. The molecular formula is C19H15ClF4N2O2. The third kappa shape index (κ3) is 3.56. The number of carbonyl (C=O) groups is 1. The molecule has 0 aliphatic rings. The monoisotopic (exact) mass is 414 g/mol. The zero-order valence-corrected chi connectivity index (χ0v) is 15.7. The van der Waals surface area contributed by atoms with E-state index in [4.69, 9.17) is 11.6 Å². The second-order valence-electron chi connectivity index (χ2n) is 6.07. The molecule has 4 nitrogen and oxygen atoms in total. The number of nitrogens with zero attached hydrogens (tertiary/aromatic N) is 2. The summed E-state index contributed by atoms with van der Waals surface area (Å²) in [5, 5.41) is 4.32. The zero-order chi connectivity index (χ0) is 20.6. The minimum absolute atomic E-state index is 0.0634. The summed E-state index contributed by atoms with van der Waals surface area (Å²) in [7, 11) is 1.15. The molecule has 0 aliphatic carbocycles. The van der Waals surface area contributed by atoms with E-state index < -0.39 is 23.5 Å². The molecule has 148 valence electrons. The van der Waals surface area contributed by atoms with E-state index in [1.165, 1.54) is 22.9 Å². The average molecular weight is 415 g/mol. The fourth-order valence-corrected chi connectivity index (χ4v) is 3.30. The van der Waals surface area contributed by atoms with Crippen LogP contribution in [0.5, 0.6) is 0 Å². The smallest absolute Gasteiger partial charge is 0.416 e. The standard InChI is InChI=1S/C19H15ClF4N2O2/c1-3-15-17-14(21)7-10(18(27)28-2)8-16(17)26(25-15)9-11-12(19(22,23)24)5-4-6-13(11)20/h4-8H,3,9H2,1-2H3. The van der Waals surface area contributed by atoms with Crippen LogP contribution in [0.1, 0.15) is 34.1 Å². The second kappa shape index (κ2) is 7.43. The number of aromatic nitrogens is 2. The van der Waals surface area contributed by atoms with Crippen LogP contribution in [0.2, 0.25) is 5.02 Å². The van der Waals surface area contributed by atoms with E-state index in [9.17, 15) is 22.4 Å². The molecule has 28 heavy (non-hydrogen) atoms. The van der Waals surface area contributed by atoms with Gasteiger partial charge in [0, 0.05) is 10.6 Å². The number of methoxy groups -OCH3 is 1.